The van der Waals surface area contributed by atoms with Gasteiger partial charge < -0.3 is 14.5 Å². The van der Waals surface area contributed by atoms with Crippen molar-refractivity contribution in [2.75, 3.05) is 32.8 Å². The highest BCUT2D eigenvalue weighted by molar-refractivity contribution is 5.98. The van der Waals surface area contributed by atoms with Crippen molar-refractivity contribution in [3.05, 3.63) is 18.0 Å². The summed E-state index contributed by atoms with van der Waals surface area (Å²) >= 11 is 0. The van der Waals surface area contributed by atoms with Crippen LogP contribution in [0.2, 0.25) is 0 Å². The van der Waals surface area contributed by atoms with E-state index in [0.717, 1.165) is 13.0 Å². The van der Waals surface area contributed by atoms with Crippen LogP contribution < -0.4 is 0 Å². The van der Waals surface area contributed by atoms with Crippen molar-refractivity contribution in [1.82, 2.24) is 19.6 Å². The number of morpholine rings is 1. The highest BCUT2D eigenvalue weighted by atomic mass is 16.5. The minimum atomic E-state index is -0.773. The Labute approximate surface area is 136 Å². The average Bonchev–Trinajstić information content (AvgIpc) is 3.21. The van der Waals surface area contributed by atoms with E-state index in [0.29, 0.717) is 45.0 Å². The molecule has 23 heavy (non-hydrogen) atoms. The normalized spacial score (nSPS) is 25.0. The van der Waals surface area contributed by atoms with Gasteiger partial charge in [-0.05, 0) is 32.8 Å². The van der Waals surface area contributed by atoms with Crippen molar-refractivity contribution >= 4 is 11.8 Å². The van der Waals surface area contributed by atoms with Crippen LogP contribution in [0.4, 0.5) is 0 Å². The Balaban J connectivity index is 1.80. The second-order valence-corrected chi connectivity index (χ2v) is 6.30. The molecule has 1 aromatic rings. The van der Waals surface area contributed by atoms with E-state index >= 15 is 0 Å². The molecule has 0 aliphatic carbocycles. The predicted molar refractivity (Wildman–Crippen MR) is 84.0 cm³/mol. The van der Waals surface area contributed by atoms with Gasteiger partial charge in [-0.2, -0.15) is 5.10 Å². The first-order valence-corrected chi connectivity index (χ1v) is 8.29. The Morgan fingerprint density at radius 3 is 2.70 bits per heavy atom. The Morgan fingerprint density at radius 2 is 2.04 bits per heavy atom. The number of carbonyl (C=O) groups is 2. The van der Waals surface area contributed by atoms with Gasteiger partial charge in [-0.1, -0.05) is 0 Å². The number of likely N-dealkylation sites (tertiary alicyclic amines) is 1. The largest absolute Gasteiger partial charge is 0.378 e. The molecule has 0 radical (unpaired) electrons. The maximum Gasteiger partial charge on any atom is 0.275 e. The zero-order valence-electron chi connectivity index (χ0n) is 13.8. The molecule has 0 unspecified atom stereocenters. The van der Waals surface area contributed by atoms with E-state index in [9.17, 15) is 9.59 Å². The van der Waals surface area contributed by atoms with Crippen molar-refractivity contribution in [1.29, 1.82) is 0 Å². The zero-order chi connectivity index (χ0) is 16.4. The number of amides is 2. The summed E-state index contributed by atoms with van der Waals surface area (Å²) in [5.41, 5.74) is -0.362. The highest BCUT2D eigenvalue weighted by Gasteiger charge is 2.48. The Hall–Kier alpha value is -1.89. The van der Waals surface area contributed by atoms with Crippen LogP contribution in [-0.2, 0) is 16.1 Å². The van der Waals surface area contributed by atoms with E-state index in [2.05, 4.69) is 5.10 Å². The highest BCUT2D eigenvalue weighted by Crippen LogP contribution is 2.32. The molecule has 2 saturated heterocycles. The molecule has 0 aromatic carbocycles. The number of nitrogens with zero attached hydrogens (tertiary/aromatic N) is 4. The monoisotopic (exact) mass is 320 g/mol. The standard InChI is InChI=1S/C16H24N4O3/c1-3-19-8-5-13(17-19)14(21)20-7-4-6-16(20,2)15(22)18-9-11-23-12-10-18/h5,8H,3-4,6-7,9-12H2,1-2H3/t16-/m0/s1. The lowest BCUT2D eigenvalue weighted by molar-refractivity contribution is -0.144. The van der Waals surface area contributed by atoms with Crippen molar-refractivity contribution in [2.45, 2.75) is 38.8 Å². The van der Waals surface area contributed by atoms with Crippen LogP contribution in [0, 0.1) is 0 Å². The first kappa shape index (κ1) is 16.0. The van der Waals surface area contributed by atoms with Gasteiger partial charge in [0.15, 0.2) is 0 Å². The van der Waals surface area contributed by atoms with Crippen LogP contribution in [0.15, 0.2) is 12.3 Å². The number of carbonyl (C=O) groups excluding carboxylic acids is 2. The van der Waals surface area contributed by atoms with Crippen LogP contribution in [0.5, 0.6) is 0 Å². The predicted octanol–water partition coefficient (Wildman–Crippen LogP) is 0.757. The second-order valence-electron chi connectivity index (χ2n) is 6.30. The Morgan fingerprint density at radius 1 is 1.30 bits per heavy atom. The molecule has 7 heteroatoms. The summed E-state index contributed by atoms with van der Waals surface area (Å²) in [7, 11) is 0. The Kier molecular flexibility index (Phi) is 4.39. The van der Waals surface area contributed by atoms with E-state index in [-0.39, 0.29) is 11.8 Å². The lowest BCUT2D eigenvalue weighted by Crippen LogP contribution is -2.58. The van der Waals surface area contributed by atoms with Gasteiger partial charge in [0.1, 0.15) is 11.2 Å². The number of hydrogen-bond acceptors (Lipinski definition) is 4. The molecule has 2 aliphatic rings. The SMILES string of the molecule is CCn1ccc(C(=O)N2CCC[C@@]2(C)C(=O)N2CCOCC2)n1. The number of aryl methyl sites for hydroxylation is 1. The fourth-order valence-corrected chi connectivity index (χ4v) is 3.41. The molecule has 1 aromatic heterocycles. The average molecular weight is 320 g/mol. The van der Waals surface area contributed by atoms with Crippen LogP contribution >= 0.6 is 0 Å². The number of rotatable bonds is 3. The number of ether oxygens (including phenoxy) is 1. The molecule has 0 N–H and O–H groups in total. The third kappa shape index (κ3) is 2.85. The van der Waals surface area contributed by atoms with Gasteiger partial charge in [0.2, 0.25) is 5.91 Å². The molecule has 3 heterocycles. The molecule has 7 nitrogen and oxygen atoms in total. The summed E-state index contributed by atoms with van der Waals surface area (Å²) in [4.78, 5) is 29.3. The molecule has 3 rings (SSSR count). The van der Waals surface area contributed by atoms with Gasteiger partial charge in [0, 0.05) is 32.4 Å². The van der Waals surface area contributed by atoms with Crippen molar-refractivity contribution in [2.24, 2.45) is 0 Å². The maximum absolute atomic E-state index is 13.0. The van der Waals surface area contributed by atoms with Gasteiger partial charge in [-0.3, -0.25) is 14.3 Å². The smallest absolute Gasteiger partial charge is 0.275 e. The van der Waals surface area contributed by atoms with Crippen LogP contribution in [0.3, 0.4) is 0 Å². The lowest BCUT2D eigenvalue weighted by atomic mass is 9.96. The van der Waals surface area contributed by atoms with Gasteiger partial charge >= 0.3 is 0 Å². The molecule has 2 aliphatic heterocycles. The van der Waals surface area contributed by atoms with E-state index in [1.165, 1.54) is 0 Å². The summed E-state index contributed by atoms with van der Waals surface area (Å²) in [6.07, 6.45) is 3.33. The lowest BCUT2D eigenvalue weighted by Gasteiger charge is -2.39. The third-order valence-electron chi connectivity index (χ3n) is 4.83. The first-order valence-electron chi connectivity index (χ1n) is 8.29. The second kappa shape index (κ2) is 6.31. The van der Waals surface area contributed by atoms with E-state index in [4.69, 9.17) is 4.74 Å². The molecule has 2 amide bonds. The van der Waals surface area contributed by atoms with Crippen molar-refractivity contribution in [3.63, 3.8) is 0 Å². The topological polar surface area (TPSA) is 67.7 Å². The van der Waals surface area contributed by atoms with Crippen LogP contribution in [-0.4, -0.2) is 69.8 Å². The van der Waals surface area contributed by atoms with Gasteiger partial charge in [0.05, 0.1) is 13.2 Å². The fraction of sp³-hybridized carbons (Fsp3) is 0.688. The summed E-state index contributed by atoms with van der Waals surface area (Å²) in [6, 6.07) is 1.73. The summed E-state index contributed by atoms with van der Waals surface area (Å²) in [6.45, 7) is 7.51. The summed E-state index contributed by atoms with van der Waals surface area (Å²) < 4.78 is 7.04. The molecule has 1 atom stereocenters. The van der Waals surface area contributed by atoms with Gasteiger partial charge in [-0.15, -0.1) is 0 Å². The third-order valence-corrected chi connectivity index (χ3v) is 4.83. The van der Waals surface area contributed by atoms with Gasteiger partial charge in [-0.25, -0.2) is 0 Å². The van der Waals surface area contributed by atoms with Gasteiger partial charge in [0.25, 0.3) is 5.91 Å². The molecule has 0 spiro atoms. The number of aromatic nitrogens is 2. The van der Waals surface area contributed by atoms with Crippen LogP contribution in [0.1, 0.15) is 37.2 Å². The molecule has 2 fully saturated rings. The minimum Gasteiger partial charge on any atom is -0.378 e. The molecule has 0 saturated carbocycles. The van der Waals surface area contributed by atoms with E-state index in [1.54, 1.807) is 21.8 Å². The summed E-state index contributed by atoms with van der Waals surface area (Å²) in [5.74, 6) is -0.125. The summed E-state index contributed by atoms with van der Waals surface area (Å²) in [5, 5.41) is 4.29. The molecule has 126 valence electrons. The zero-order valence-corrected chi connectivity index (χ0v) is 13.8. The first-order chi connectivity index (χ1) is 11.1. The molecular weight excluding hydrogens is 296 g/mol. The van der Waals surface area contributed by atoms with Crippen molar-refractivity contribution in [3.8, 4) is 0 Å². The molecule has 0 bridgehead atoms. The molecular formula is C16H24N4O3. The van der Waals surface area contributed by atoms with Crippen LogP contribution in [0.25, 0.3) is 0 Å². The number of hydrogen-bond donors (Lipinski definition) is 0. The van der Waals surface area contributed by atoms with Crippen molar-refractivity contribution < 1.29 is 14.3 Å². The quantitative estimate of drug-likeness (QED) is 0.824. The Bertz CT molecular complexity index is 594. The fourth-order valence-electron chi connectivity index (χ4n) is 3.41. The van der Waals surface area contributed by atoms with E-state index < -0.39 is 5.54 Å². The van der Waals surface area contributed by atoms with E-state index in [1.807, 2.05) is 18.7 Å². The maximum atomic E-state index is 13.0. The minimum absolute atomic E-state index is 0.0292.